The van der Waals surface area contributed by atoms with Crippen molar-refractivity contribution in [3.63, 3.8) is 0 Å². The van der Waals surface area contributed by atoms with E-state index in [0.717, 1.165) is 43.2 Å². The maximum Gasteiger partial charge on any atom is 0.339 e. The standard InChI is InChI=1S/C21H28O5S/c1-3-21(23)27-13-9-7-5-4-6-8-12-25-19-15-20(22)26-18-11-10-16(24-2)14-17(18)19/h10-11,14-15H,3-9,12-13H2,1-2H3. The highest BCUT2D eigenvalue weighted by Crippen LogP contribution is 2.27. The molecule has 1 aromatic heterocycles. The molecule has 0 unspecified atom stereocenters. The van der Waals surface area contributed by atoms with E-state index in [1.54, 1.807) is 19.2 Å². The van der Waals surface area contributed by atoms with E-state index in [9.17, 15) is 9.59 Å². The lowest BCUT2D eigenvalue weighted by Gasteiger charge is -2.09. The Morgan fingerprint density at radius 2 is 1.81 bits per heavy atom. The molecular weight excluding hydrogens is 364 g/mol. The second kappa shape index (κ2) is 11.7. The van der Waals surface area contributed by atoms with Gasteiger partial charge < -0.3 is 13.9 Å². The van der Waals surface area contributed by atoms with Crippen molar-refractivity contribution in [2.24, 2.45) is 0 Å². The summed E-state index contributed by atoms with van der Waals surface area (Å²) in [7, 11) is 1.60. The Morgan fingerprint density at radius 1 is 1.07 bits per heavy atom. The van der Waals surface area contributed by atoms with E-state index in [2.05, 4.69) is 0 Å². The lowest BCUT2D eigenvalue weighted by molar-refractivity contribution is -0.110. The summed E-state index contributed by atoms with van der Waals surface area (Å²) in [4.78, 5) is 22.9. The first kappa shape index (κ1) is 21.4. The molecule has 0 N–H and O–H groups in total. The van der Waals surface area contributed by atoms with Gasteiger partial charge in [0.05, 0.1) is 25.2 Å². The van der Waals surface area contributed by atoms with Gasteiger partial charge in [-0.1, -0.05) is 44.4 Å². The normalized spacial score (nSPS) is 10.9. The van der Waals surface area contributed by atoms with Crippen LogP contribution in [0.5, 0.6) is 11.5 Å². The van der Waals surface area contributed by atoms with Gasteiger partial charge in [0.15, 0.2) is 5.12 Å². The zero-order valence-electron chi connectivity index (χ0n) is 16.1. The van der Waals surface area contributed by atoms with Crippen LogP contribution < -0.4 is 15.1 Å². The van der Waals surface area contributed by atoms with Gasteiger partial charge in [0.25, 0.3) is 0 Å². The Labute approximate surface area is 164 Å². The Kier molecular flexibility index (Phi) is 9.25. The van der Waals surface area contributed by atoms with Crippen molar-refractivity contribution in [3.8, 4) is 11.5 Å². The molecule has 148 valence electrons. The fourth-order valence-electron chi connectivity index (χ4n) is 2.74. The summed E-state index contributed by atoms with van der Waals surface area (Å²) in [6.07, 6.45) is 7.24. The maximum atomic E-state index is 11.7. The van der Waals surface area contributed by atoms with Crippen LogP contribution in [0, 0.1) is 0 Å². The molecule has 6 heteroatoms. The number of carbonyl (C=O) groups excluding carboxylic acids is 1. The number of carbonyl (C=O) groups is 1. The van der Waals surface area contributed by atoms with E-state index in [1.165, 1.54) is 24.2 Å². The zero-order valence-corrected chi connectivity index (χ0v) is 16.9. The summed E-state index contributed by atoms with van der Waals surface area (Å²) in [6.45, 7) is 2.47. The number of methoxy groups -OCH3 is 1. The Morgan fingerprint density at radius 3 is 2.56 bits per heavy atom. The minimum absolute atomic E-state index is 0.284. The Balaban J connectivity index is 1.68. The lowest BCUT2D eigenvalue weighted by Crippen LogP contribution is -2.03. The highest BCUT2D eigenvalue weighted by atomic mass is 32.2. The van der Waals surface area contributed by atoms with Gasteiger partial charge in [-0.3, -0.25) is 4.79 Å². The SMILES string of the molecule is CCC(=O)SCCCCCCCCOc1cc(=O)oc2ccc(OC)cc12. The molecular formula is C21H28O5S. The van der Waals surface area contributed by atoms with Crippen molar-refractivity contribution in [3.05, 3.63) is 34.7 Å². The molecule has 0 radical (unpaired) electrons. The lowest BCUT2D eigenvalue weighted by atomic mass is 10.1. The number of benzene rings is 1. The van der Waals surface area contributed by atoms with Gasteiger partial charge in [-0.15, -0.1) is 0 Å². The molecule has 0 saturated heterocycles. The molecule has 27 heavy (non-hydrogen) atoms. The molecule has 0 saturated carbocycles. The Bertz CT molecular complexity index is 784. The largest absolute Gasteiger partial charge is 0.497 e. The molecule has 0 spiro atoms. The minimum atomic E-state index is -0.415. The zero-order chi connectivity index (χ0) is 19.5. The van der Waals surface area contributed by atoms with Crippen molar-refractivity contribution in [1.82, 2.24) is 0 Å². The van der Waals surface area contributed by atoms with Crippen LogP contribution in [0.4, 0.5) is 0 Å². The molecule has 1 aromatic carbocycles. The van der Waals surface area contributed by atoms with Gasteiger partial charge in [-0.05, 0) is 31.0 Å². The summed E-state index contributed by atoms with van der Waals surface area (Å²) in [6, 6.07) is 6.67. The van der Waals surface area contributed by atoms with Crippen molar-refractivity contribution >= 4 is 27.8 Å². The third-order valence-corrected chi connectivity index (χ3v) is 5.36. The summed E-state index contributed by atoms with van der Waals surface area (Å²) in [5, 5.41) is 1.03. The highest BCUT2D eigenvalue weighted by Gasteiger charge is 2.08. The first-order chi connectivity index (χ1) is 13.1. The van der Waals surface area contributed by atoms with Crippen LogP contribution >= 0.6 is 11.8 Å². The number of ether oxygens (including phenoxy) is 2. The second-order valence-electron chi connectivity index (χ2n) is 6.34. The minimum Gasteiger partial charge on any atom is -0.497 e. The van der Waals surface area contributed by atoms with Crippen molar-refractivity contribution in [1.29, 1.82) is 0 Å². The van der Waals surface area contributed by atoms with Crippen LogP contribution in [0.1, 0.15) is 51.9 Å². The highest BCUT2D eigenvalue weighted by molar-refractivity contribution is 8.13. The Hall–Kier alpha value is -1.95. The third kappa shape index (κ3) is 7.29. The van der Waals surface area contributed by atoms with Gasteiger partial charge in [0.2, 0.25) is 0 Å². The van der Waals surface area contributed by atoms with E-state index < -0.39 is 5.63 Å². The summed E-state index contributed by atoms with van der Waals surface area (Å²) < 4.78 is 16.3. The maximum absolute atomic E-state index is 11.7. The van der Waals surface area contributed by atoms with E-state index in [0.29, 0.717) is 30.1 Å². The summed E-state index contributed by atoms with van der Waals surface area (Å²) >= 11 is 1.45. The number of hydrogen-bond acceptors (Lipinski definition) is 6. The third-order valence-electron chi connectivity index (χ3n) is 4.26. The average Bonchev–Trinajstić information content (AvgIpc) is 2.68. The first-order valence-corrected chi connectivity index (χ1v) is 10.5. The van der Waals surface area contributed by atoms with Crippen LogP contribution in [0.3, 0.4) is 0 Å². The first-order valence-electron chi connectivity index (χ1n) is 9.54. The molecule has 1 heterocycles. The molecule has 0 aliphatic carbocycles. The topological polar surface area (TPSA) is 65.7 Å². The van der Waals surface area contributed by atoms with E-state index in [-0.39, 0.29) is 5.12 Å². The molecule has 0 fully saturated rings. The number of thioether (sulfide) groups is 1. The number of hydrogen-bond donors (Lipinski definition) is 0. The van der Waals surface area contributed by atoms with Crippen LogP contribution in [-0.4, -0.2) is 24.6 Å². The number of fused-ring (bicyclic) bond motifs is 1. The van der Waals surface area contributed by atoms with Gasteiger partial charge in [-0.25, -0.2) is 4.79 Å². The second-order valence-corrected chi connectivity index (χ2v) is 7.49. The van der Waals surface area contributed by atoms with Gasteiger partial charge in [-0.2, -0.15) is 0 Å². The van der Waals surface area contributed by atoms with Crippen molar-refractivity contribution in [2.75, 3.05) is 19.5 Å². The van der Waals surface area contributed by atoms with Crippen molar-refractivity contribution < 1.29 is 18.7 Å². The molecule has 0 aliphatic rings. The smallest absolute Gasteiger partial charge is 0.339 e. The number of unbranched alkanes of at least 4 members (excludes halogenated alkanes) is 5. The van der Waals surface area contributed by atoms with Crippen LogP contribution in [-0.2, 0) is 4.79 Å². The van der Waals surface area contributed by atoms with Gasteiger partial charge in [0, 0.05) is 12.2 Å². The predicted octanol–water partition coefficient (Wildman–Crippen LogP) is 5.19. The molecule has 0 aliphatic heterocycles. The van der Waals surface area contributed by atoms with Gasteiger partial charge >= 0.3 is 5.63 Å². The molecule has 0 atom stereocenters. The predicted molar refractivity (Wildman–Crippen MR) is 110 cm³/mol. The molecule has 0 bridgehead atoms. The quantitative estimate of drug-likeness (QED) is 0.366. The van der Waals surface area contributed by atoms with Gasteiger partial charge in [0.1, 0.15) is 17.1 Å². The van der Waals surface area contributed by atoms with Crippen LogP contribution in [0.25, 0.3) is 11.0 Å². The summed E-state index contributed by atoms with van der Waals surface area (Å²) in [5.74, 6) is 2.17. The van der Waals surface area contributed by atoms with E-state index in [4.69, 9.17) is 13.9 Å². The van der Waals surface area contributed by atoms with Crippen LogP contribution in [0.15, 0.2) is 33.5 Å². The molecule has 2 aromatic rings. The monoisotopic (exact) mass is 392 g/mol. The number of rotatable bonds is 12. The van der Waals surface area contributed by atoms with Crippen LogP contribution in [0.2, 0.25) is 0 Å². The van der Waals surface area contributed by atoms with E-state index >= 15 is 0 Å². The van der Waals surface area contributed by atoms with E-state index in [1.807, 2.05) is 13.0 Å². The molecule has 0 amide bonds. The fraction of sp³-hybridized carbons (Fsp3) is 0.524. The van der Waals surface area contributed by atoms with Crippen molar-refractivity contribution in [2.45, 2.75) is 51.9 Å². The average molecular weight is 393 g/mol. The molecule has 2 rings (SSSR count). The molecule has 5 nitrogen and oxygen atoms in total. The fourth-order valence-corrected chi connectivity index (χ4v) is 3.52. The summed E-state index contributed by atoms with van der Waals surface area (Å²) in [5.41, 5.74) is 0.0832.